The minimum Gasteiger partial charge on any atom is -0.334 e. The molecule has 0 aliphatic carbocycles. The zero-order valence-corrected chi connectivity index (χ0v) is 14.1. The Balaban J connectivity index is 2.36. The summed E-state index contributed by atoms with van der Waals surface area (Å²) in [5.74, 6) is 0.599. The van der Waals surface area contributed by atoms with E-state index in [2.05, 4.69) is 29.8 Å². The van der Waals surface area contributed by atoms with E-state index in [4.69, 9.17) is 17.3 Å². The average molecular weight is 360 g/mol. The van der Waals surface area contributed by atoms with Gasteiger partial charge in [0.2, 0.25) is 5.91 Å². The molecule has 20 heavy (non-hydrogen) atoms. The van der Waals surface area contributed by atoms with Gasteiger partial charge in [0.15, 0.2) is 0 Å². The molecule has 2 unspecified atom stereocenters. The van der Waals surface area contributed by atoms with Crippen LogP contribution in [0.2, 0.25) is 5.02 Å². The number of nitrogens with zero attached hydrogens (tertiary/aromatic N) is 1. The van der Waals surface area contributed by atoms with Crippen LogP contribution in [0, 0.1) is 5.92 Å². The number of hydrogen-bond donors (Lipinski definition) is 1. The maximum absolute atomic E-state index is 12.2. The predicted molar refractivity (Wildman–Crippen MR) is 85.7 cm³/mol. The third-order valence-corrected chi connectivity index (χ3v) is 4.83. The number of benzene rings is 1. The number of rotatable bonds is 3. The standard InChI is InChI=1S/C15H20BrClN2O/c1-9(2)8-19-14(20)6-5-13(18)15(19)10-3-4-11(16)12(17)7-10/h3-4,7,9,13,15H,5-6,8,18H2,1-2H3. The predicted octanol–water partition coefficient (Wildman–Crippen LogP) is 3.75. The Labute approximate surface area is 133 Å². The van der Waals surface area contributed by atoms with Crippen LogP contribution in [0.4, 0.5) is 0 Å². The van der Waals surface area contributed by atoms with Crippen LogP contribution >= 0.6 is 27.5 Å². The van der Waals surface area contributed by atoms with Gasteiger partial charge in [-0.2, -0.15) is 0 Å². The van der Waals surface area contributed by atoms with Gasteiger partial charge in [0.25, 0.3) is 0 Å². The van der Waals surface area contributed by atoms with Crippen LogP contribution in [-0.4, -0.2) is 23.4 Å². The maximum atomic E-state index is 12.2. The number of amides is 1. The van der Waals surface area contributed by atoms with Crippen LogP contribution in [0.25, 0.3) is 0 Å². The van der Waals surface area contributed by atoms with Gasteiger partial charge in [-0.25, -0.2) is 0 Å². The van der Waals surface area contributed by atoms with Gasteiger partial charge in [0, 0.05) is 23.5 Å². The number of likely N-dealkylation sites (tertiary alicyclic amines) is 1. The quantitative estimate of drug-likeness (QED) is 0.893. The van der Waals surface area contributed by atoms with Crippen molar-refractivity contribution in [2.75, 3.05) is 6.54 Å². The van der Waals surface area contributed by atoms with Gasteiger partial charge in [-0.05, 0) is 46.0 Å². The van der Waals surface area contributed by atoms with E-state index < -0.39 is 0 Å². The lowest BCUT2D eigenvalue weighted by atomic mass is 9.90. The van der Waals surface area contributed by atoms with Crippen LogP contribution in [-0.2, 0) is 4.79 Å². The van der Waals surface area contributed by atoms with Gasteiger partial charge < -0.3 is 10.6 Å². The van der Waals surface area contributed by atoms with Crippen molar-refractivity contribution in [2.24, 2.45) is 11.7 Å². The molecule has 1 aliphatic rings. The summed E-state index contributed by atoms with van der Waals surface area (Å²) in [6.45, 7) is 4.95. The summed E-state index contributed by atoms with van der Waals surface area (Å²) >= 11 is 9.57. The molecule has 1 saturated heterocycles. The van der Waals surface area contributed by atoms with Crippen molar-refractivity contribution in [1.82, 2.24) is 4.90 Å². The summed E-state index contributed by atoms with van der Waals surface area (Å²) in [5, 5.41) is 0.650. The molecule has 2 rings (SSSR count). The summed E-state index contributed by atoms with van der Waals surface area (Å²) in [6, 6.07) is 5.69. The molecule has 110 valence electrons. The fourth-order valence-corrected chi connectivity index (χ4v) is 3.15. The summed E-state index contributed by atoms with van der Waals surface area (Å²) in [4.78, 5) is 14.2. The normalized spacial score (nSPS) is 23.5. The van der Waals surface area contributed by atoms with E-state index in [-0.39, 0.29) is 18.0 Å². The Morgan fingerprint density at radius 1 is 1.50 bits per heavy atom. The third-order valence-electron chi connectivity index (χ3n) is 3.60. The van der Waals surface area contributed by atoms with E-state index >= 15 is 0 Å². The highest BCUT2D eigenvalue weighted by molar-refractivity contribution is 9.10. The smallest absolute Gasteiger partial charge is 0.223 e. The van der Waals surface area contributed by atoms with Crippen molar-refractivity contribution >= 4 is 33.4 Å². The van der Waals surface area contributed by atoms with Crippen LogP contribution in [0.15, 0.2) is 22.7 Å². The van der Waals surface area contributed by atoms with Crippen molar-refractivity contribution in [3.8, 4) is 0 Å². The molecule has 5 heteroatoms. The molecule has 1 fully saturated rings. The van der Waals surface area contributed by atoms with Gasteiger partial charge in [-0.15, -0.1) is 0 Å². The summed E-state index contributed by atoms with van der Waals surface area (Å²) in [5.41, 5.74) is 7.29. The summed E-state index contributed by atoms with van der Waals surface area (Å²) < 4.78 is 0.856. The summed E-state index contributed by atoms with van der Waals surface area (Å²) in [7, 11) is 0. The monoisotopic (exact) mass is 358 g/mol. The topological polar surface area (TPSA) is 46.3 Å². The number of carbonyl (C=O) groups excluding carboxylic acids is 1. The van der Waals surface area contributed by atoms with Crippen LogP contribution in [0.3, 0.4) is 0 Å². The summed E-state index contributed by atoms with van der Waals surface area (Å²) in [6.07, 6.45) is 1.26. The second kappa shape index (κ2) is 6.46. The molecule has 0 saturated carbocycles. The molecule has 1 heterocycles. The molecule has 1 aromatic carbocycles. The Morgan fingerprint density at radius 3 is 2.80 bits per heavy atom. The first-order valence-electron chi connectivity index (χ1n) is 6.90. The zero-order chi connectivity index (χ0) is 14.9. The van der Waals surface area contributed by atoms with Gasteiger partial charge >= 0.3 is 0 Å². The third kappa shape index (κ3) is 3.35. The molecule has 1 aromatic rings. The Kier molecular flexibility index (Phi) is 5.10. The van der Waals surface area contributed by atoms with Crippen molar-refractivity contribution in [1.29, 1.82) is 0 Å². The molecule has 0 aromatic heterocycles. The molecular formula is C15H20BrClN2O. The number of piperidine rings is 1. The van der Waals surface area contributed by atoms with Crippen LogP contribution in [0.1, 0.15) is 38.3 Å². The molecule has 0 radical (unpaired) electrons. The highest BCUT2D eigenvalue weighted by atomic mass is 79.9. The lowest BCUT2D eigenvalue weighted by Crippen LogP contribution is -2.49. The molecule has 2 atom stereocenters. The number of hydrogen-bond acceptors (Lipinski definition) is 2. The van der Waals surface area contributed by atoms with Gasteiger partial charge in [0.1, 0.15) is 0 Å². The largest absolute Gasteiger partial charge is 0.334 e. The SMILES string of the molecule is CC(C)CN1C(=O)CCC(N)C1c1ccc(Br)c(Cl)c1. The molecule has 0 spiro atoms. The van der Waals surface area contributed by atoms with E-state index in [0.29, 0.717) is 17.4 Å². The van der Waals surface area contributed by atoms with E-state index in [1.165, 1.54) is 0 Å². The second-order valence-corrected chi connectivity index (χ2v) is 7.02. The minimum absolute atomic E-state index is 0.0382. The molecule has 0 bridgehead atoms. The van der Waals surface area contributed by atoms with Gasteiger partial charge in [-0.3, -0.25) is 4.79 Å². The lowest BCUT2D eigenvalue weighted by molar-refractivity contribution is -0.138. The Morgan fingerprint density at radius 2 is 2.20 bits per heavy atom. The first-order valence-corrected chi connectivity index (χ1v) is 8.07. The van der Waals surface area contributed by atoms with Crippen LogP contribution < -0.4 is 5.73 Å². The van der Waals surface area contributed by atoms with Crippen LogP contribution in [0.5, 0.6) is 0 Å². The van der Waals surface area contributed by atoms with Gasteiger partial charge in [0.05, 0.1) is 11.1 Å². The van der Waals surface area contributed by atoms with Crippen molar-refractivity contribution in [2.45, 2.75) is 38.8 Å². The number of carbonyl (C=O) groups is 1. The molecule has 2 N–H and O–H groups in total. The van der Waals surface area contributed by atoms with E-state index in [9.17, 15) is 4.79 Å². The van der Waals surface area contributed by atoms with E-state index in [1.807, 2.05) is 23.1 Å². The Hall–Kier alpha value is -0.580. The lowest BCUT2D eigenvalue weighted by Gasteiger charge is -2.41. The van der Waals surface area contributed by atoms with E-state index in [1.54, 1.807) is 0 Å². The van der Waals surface area contributed by atoms with Crippen molar-refractivity contribution < 1.29 is 4.79 Å². The average Bonchev–Trinajstić information content (AvgIpc) is 2.37. The van der Waals surface area contributed by atoms with E-state index in [0.717, 1.165) is 23.0 Å². The maximum Gasteiger partial charge on any atom is 0.223 e. The fourth-order valence-electron chi connectivity index (χ4n) is 2.71. The fraction of sp³-hybridized carbons (Fsp3) is 0.533. The van der Waals surface area contributed by atoms with Crippen molar-refractivity contribution in [3.63, 3.8) is 0 Å². The first kappa shape index (κ1) is 15.8. The van der Waals surface area contributed by atoms with Crippen molar-refractivity contribution in [3.05, 3.63) is 33.3 Å². The highest BCUT2D eigenvalue weighted by Crippen LogP contribution is 2.34. The molecule has 1 aliphatic heterocycles. The highest BCUT2D eigenvalue weighted by Gasteiger charge is 2.35. The van der Waals surface area contributed by atoms with Gasteiger partial charge in [-0.1, -0.05) is 31.5 Å². The number of nitrogens with two attached hydrogens (primary N) is 1. The molecular weight excluding hydrogens is 340 g/mol. The Bertz CT molecular complexity index is 507. The molecule has 1 amide bonds. The first-order chi connectivity index (χ1) is 9.40. The zero-order valence-electron chi connectivity index (χ0n) is 11.8. The second-order valence-electron chi connectivity index (χ2n) is 5.76. The minimum atomic E-state index is -0.0794. The molecule has 3 nitrogen and oxygen atoms in total. The number of halogens is 2.